The van der Waals surface area contributed by atoms with Gasteiger partial charge in [0.05, 0.1) is 72.3 Å². The number of aryl methyl sites for hydroxylation is 2. The number of sulfonamides is 2. The van der Waals surface area contributed by atoms with Gasteiger partial charge in [0, 0.05) is 92.6 Å². The number of hydrogen-bond donors (Lipinski definition) is 4. The highest BCUT2D eigenvalue weighted by Gasteiger charge is 2.52. The Morgan fingerprint density at radius 3 is 1.83 bits per heavy atom. The van der Waals surface area contributed by atoms with Crippen molar-refractivity contribution in [3.8, 4) is 11.5 Å². The predicted molar refractivity (Wildman–Crippen MR) is 384 cm³/mol. The van der Waals surface area contributed by atoms with Crippen LogP contribution in [0.5, 0.6) is 11.5 Å². The van der Waals surface area contributed by atoms with Gasteiger partial charge in [-0.1, -0.05) is 62.0 Å². The monoisotopic (exact) mass is 1440 g/mol. The number of ether oxygens (including phenoxy) is 4. The molecule has 11 atom stereocenters. The number of carbonyl (C=O) groups is 4. The first-order valence-corrected chi connectivity index (χ1v) is 39.7. The molecule has 0 saturated heterocycles. The number of hydrogen-bond acceptors (Lipinski definition) is 16. The largest absolute Gasteiger partial charge is 0.490 e. The van der Waals surface area contributed by atoms with Gasteiger partial charge in [-0.2, -0.15) is 0 Å². The number of carbonyl (C=O) groups excluding carboxylic acids is 4. The number of fused-ring (bicyclic) bond motifs is 7. The minimum absolute atomic E-state index is 0.0299. The van der Waals surface area contributed by atoms with E-state index in [1.165, 1.54) is 0 Å². The van der Waals surface area contributed by atoms with Gasteiger partial charge < -0.3 is 48.8 Å². The zero-order valence-corrected chi connectivity index (χ0v) is 61.8. The van der Waals surface area contributed by atoms with E-state index in [4.69, 9.17) is 42.1 Å². The summed E-state index contributed by atoms with van der Waals surface area (Å²) in [4.78, 5) is 65.1. The normalized spacial score (nSPS) is 29.5. The Labute approximate surface area is 595 Å². The molecule has 4 aromatic rings. The fraction of sp³-hybridized carbons (Fsp3) is 0.627. The van der Waals surface area contributed by atoms with Crippen molar-refractivity contribution >= 4 is 78.3 Å². The molecule has 0 radical (unpaired) electrons. The molecule has 4 heterocycles. The maximum Gasteiger partial charge on any atom is 0.264 e. The third-order valence-electron chi connectivity index (χ3n) is 23.7. The second-order valence-corrected chi connectivity index (χ2v) is 35.0. The van der Waals surface area contributed by atoms with Crippen LogP contribution in [0.4, 0.5) is 11.4 Å². The van der Waals surface area contributed by atoms with Crippen molar-refractivity contribution < 1.29 is 65.2 Å². The molecule has 2 fully saturated rings. The lowest BCUT2D eigenvalue weighted by Crippen LogP contribution is -2.54. The summed E-state index contributed by atoms with van der Waals surface area (Å²) in [5, 5.41) is 25.6. The first-order chi connectivity index (χ1) is 47.1. The van der Waals surface area contributed by atoms with Crippen LogP contribution in [0.3, 0.4) is 0 Å². The van der Waals surface area contributed by atoms with Gasteiger partial charge in [0.25, 0.3) is 11.8 Å². The molecular formula is C75H102Cl2N6O14S2. The molecule has 4 N–H and O–H groups in total. The Hall–Kier alpha value is -5.72. The Morgan fingerprint density at radius 1 is 0.636 bits per heavy atom. The van der Waals surface area contributed by atoms with Crippen LogP contribution in [0.25, 0.3) is 0 Å². The van der Waals surface area contributed by atoms with E-state index in [2.05, 4.69) is 25.3 Å². The Kier molecular flexibility index (Phi) is 23.4. The third kappa shape index (κ3) is 16.7. The number of likely N-dealkylation sites (N-methyl/N-ethyl adjacent to an activating group) is 2. The van der Waals surface area contributed by atoms with Gasteiger partial charge in [-0.15, -0.1) is 0 Å². The van der Waals surface area contributed by atoms with Crippen LogP contribution in [0.2, 0.25) is 10.0 Å². The van der Waals surface area contributed by atoms with Crippen LogP contribution in [-0.4, -0.2) is 162 Å². The summed E-state index contributed by atoms with van der Waals surface area (Å²) in [6, 6.07) is 20.2. The molecule has 4 aliphatic heterocycles. The van der Waals surface area contributed by atoms with Gasteiger partial charge in [-0.3, -0.25) is 19.2 Å². The molecule has 4 bridgehead atoms. The number of nitrogens with zero attached hydrogens (tertiary/aromatic N) is 4. The minimum atomic E-state index is -4.26. The van der Waals surface area contributed by atoms with Crippen LogP contribution < -0.4 is 28.7 Å². The lowest BCUT2D eigenvalue weighted by molar-refractivity contribution is -0.146. The molecule has 20 nitrogen and oxygen atoms in total. The lowest BCUT2D eigenvalue weighted by Gasteiger charge is -2.50. The Morgan fingerprint density at radius 2 is 1.21 bits per heavy atom. The zero-order chi connectivity index (χ0) is 70.8. The highest BCUT2D eigenvalue weighted by atomic mass is 35.5. The molecule has 542 valence electrons. The van der Waals surface area contributed by atoms with Crippen molar-refractivity contribution in [3.63, 3.8) is 0 Å². The van der Waals surface area contributed by atoms with Crippen LogP contribution >= 0.6 is 23.2 Å². The molecular weight excluding hydrogens is 1340 g/mol. The van der Waals surface area contributed by atoms with Gasteiger partial charge >= 0.3 is 0 Å². The summed E-state index contributed by atoms with van der Waals surface area (Å²) in [7, 11) is -3.44. The zero-order valence-electron chi connectivity index (χ0n) is 58.6. The number of anilines is 2. The SMILES string of the molecule is COCCN(C)C(=O)C[C@@]1(O)CCC[C@H](C)[C@@H](C)S(=O)(=O)NC(=O)c2cc(COCCN(C)C(=O)C[C@]3(O)CCC[C@H](C)[C@@H](C)S(=O)(=O)NC(=O)c4ccc5c(c4)N(CCCCc4cc(Cl)ccc4CO5)C[C@@H]4CC[C@H]43)c3c(c2)N(C[C@@H]2CC[C@H]21)C[C@@]1(CCCc2cc(Cl)ccc21)CO3. The summed E-state index contributed by atoms with van der Waals surface area (Å²) in [6.45, 7) is 10.1. The van der Waals surface area contributed by atoms with E-state index in [9.17, 15) is 46.2 Å². The first kappa shape index (κ1) is 74.5. The maximum absolute atomic E-state index is 14.8. The smallest absolute Gasteiger partial charge is 0.264 e. The van der Waals surface area contributed by atoms with Crippen LogP contribution in [-0.2, 0) is 70.6 Å². The van der Waals surface area contributed by atoms with E-state index in [1.54, 1.807) is 75.2 Å². The molecule has 3 aliphatic carbocycles. The van der Waals surface area contributed by atoms with E-state index >= 15 is 0 Å². The summed E-state index contributed by atoms with van der Waals surface area (Å²) in [6.07, 6.45) is 9.72. The van der Waals surface area contributed by atoms with Crippen LogP contribution in [0.15, 0.2) is 66.7 Å². The quantitative estimate of drug-likeness (QED) is 0.0963. The molecule has 11 rings (SSSR count). The van der Waals surface area contributed by atoms with Gasteiger partial charge in [0.1, 0.15) is 18.1 Å². The number of benzene rings is 4. The Bertz CT molecular complexity index is 3860. The topological polar surface area (TPSA) is 251 Å². The molecule has 4 amide bonds. The van der Waals surface area contributed by atoms with Gasteiger partial charge in [-0.25, -0.2) is 26.3 Å². The third-order valence-corrected chi connectivity index (χ3v) is 28.0. The second-order valence-electron chi connectivity index (χ2n) is 30.1. The second kappa shape index (κ2) is 31.1. The van der Waals surface area contributed by atoms with Crippen molar-refractivity contribution in [1.82, 2.24) is 19.2 Å². The molecule has 1 spiro atoms. The Balaban J connectivity index is 0.865. The molecule has 4 aromatic carbocycles. The van der Waals surface area contributed by atoms with Gasteiger partial charge in [-0.05, 0) is 216 Å². The molecule has 7 aliphatic rings. The molecule has 99 heavy (non-hydrogen) atoms. The fourth-order valence-corrected chi connectivity index (χ4v) is 19.7. The molecule has 0 aromatic heterocycles. The van der Waals surface area contributed by atoms with E-state index in [1.807, 2.05) is 44.2 Å². The van der Waals surface area contributed by atoms with Crippen LogP contribution in [0, 0.1) is 35.5 Å². The maximum atomic E-state index is 14.8. The number of methoxy groups -OCH3 is 1. The number of rotatable bonds is 12. The van der Waals surface area contributed by atoms with E-state index in [0.717, 1.165) is 73.6 Å². The van der Waals surface area contributed by atoms with Crippen molar-refractivity contribution in [2.75, 3.05) is 90.1 Å². The number of halogens is 2. The lowest BCUT2D eigenvalue weighted by atomic mass is 9.61. The summed E-state index contributed by atoms with van der Waals surface area (Å²) >= 11 is 13.1. The fourth-order valence-electron chi connectivity index (χ4n) is 16.7. The summed E-state index contributed by atoms with van der Waals surface area (Å²) < 4.78 is 86.8. The van der Waals surface area contributed by atoms with Crippen molar-refractivity contribution in [1.29, 1.82) is 0 Å². The highest BCUT2D eigenvalue weighted by molar-refractivity contribution is 7.91. The van der Waals surface area contributed by atoms with Crippen molar-refractivity contribution in [2.24, 2.45) is 35.5 Å². The number of aliphatic hydroxyl groups is 2. The van der Waals surface area contributed by atoms with E-state index in [-0.39, 0.29) is 105 Å². The van der Waals surface area contributed by atoms with Gasteiger partial charge in [0.2, 0.25) is 31.9 Å². The van der Waals surface area contributed by atoms with Gasteiger partial charge in [0.15, 0.2) is 0 Å². The average Bonchev–Trinajstić information content (AvgIpc) is 1.74. The number of nitrogens with one attached hydrogen (secondary N) is 2. The van der Waals surface area contributed by atoms with Crippen molar-refractivity contribution in [3.05, 3.63) is 116 Å². The minimum Gasteiger partial charge on any atom is -0.490 e. The molecule has 24 heteroatoms. The average molecular weight is 1450 g/mol. The standard InChI is InChI=1S/C75H102Cl2N6O14S2/c1-48-13-10-28-74(88,63-23-18-55(63)42-82-30-9-8-15-52-36-60(76)21-17-57(52)45-96-67-26-20-54(38-65(67)82)71(86)78-98(90,91)50(48)3)41-69(85)81(6)32-34-95-44-59-35-58-39-66-70(59)97-47-73(27-12-16-53-37-61(77)22-25-62(53)73)46-83(66)43-56-19-24-64(56)75(89,40-68(84)80(5)31-33-94-7)29-11-14-49(2)51(4)99(92,93)79-72(58)87/h17,20-22,25-26,35-39,48-51,55-56,63-64,88-89H,8-16,18-19,23-24,27-34,40-47H2,1-7H3,(H,78,86)(H,79,87)/t48-,49-,50+,51+,55-,56-,63+,64+,73-,74+,75-/m0/s1. The van der Waals surface area contributed by atoms with Crippen LogP contribution in [0.1, 0.15) is 179 Å². The summed E-state index contributed by atoms with van der Waals surface area (Å²) in [5.41, 5.74) is 2.84. The number of amides is 4. The highest BCUT2D eigenvalue weighted by Crippen LogP contribution is 2.52. The summed E-state index contributed by atoms with van der Waals surface area (Å²) in [5.74, 6) is -2.56. The predicted octanol–water partition coefficient (Wildman–Crippen LogP) is 10.8. The molecule has 0 unspecified atom stereocenters. The first-order valence-electron chi connectivity index (χ1n) is 35.8. The molecule has 2 saturated carbocycles. The van der Waals surface area contributed by atoms with E-state index in [0.29, 0.717) is 116 Å². The van der Waals surface area contributed by atoms with Crippen molar-refractivity contribution in [2.45, 2.75) is 184 Å². The van der Waals surface area contributed by atoms with E-state index < -0.39 is 70.8 Å².